The molecule has 0 aromatic carbocycles. The number of carboxylic acid groups (broad SMARTS) is 1. The SMILES string of the molecule is CC1CCCC1c1nnc(CCC(=O)O)o1. The summed E-state index contributed by atoms with van der Waals surface area (Å²) in [5.74, 6) is 1.25. The van der Waals surface area contributed by atoms with E-state index in [-0.39, 0.29) is 6.42 Å². The summed E-state index contributed by atoms with van der Waals surface area (Å²) >= 11 is 0. The predicted octanol–water partition coefficient (Wildman–Crippen LogP) is 1.99. The molecule has 2 rings (SSSR count). The third-order valence-corrected chi connectivity index (χ3v) is 3.21. The summed E-state index contributed by atoms with van der Waals surface area (Å²) in [5, 5.41) is 16.4. The Morgan fingerprint density at radius 1 is 1.50 bits per heavy atom. The molecule has 1 aliphatic rings. The van der Waals surface area contributed by atoms with Gasteiger partial charge in [0.05, 0.1) is 6.42 Å². The highest BCUT2D eigenvalue weighted by Crippen LogP contribution is 2.38. The number of carboxylic acids is 1. The third-order valence-electron chi connectivity index (χ3n) is 3.21. The van der Waals surface area contributed by atoms with Crippen LogP contribution in [0.4, 0.5) is 0 Å². The Kier molecular flexibility index (Phi) is 3.22. The van der Waals surface area contributed by atoms with Crippen molar-refractivity contribution < 1.29 is 14.3 Å². The van der Waals surface area contributed by atoms with Gasteiger partial charge in [-0.25, -0.2) is 0 Å². The molecule has 1 saturated carbocycles. The van der Waals surface area contributed by atoms with E-state index in [9.17, 15) is 4.79 Å². The van der Waals surface area contributed by atoms with Gasteiger partial charge in [0.15, 0.2) is 0 Å². The second kappa shape index (κ2) is 4.63. The van der Waals surface area contributed by atoms with Gasteiger partial charge in [0.25, 0.3) is 0 Å². The Balaban J connectivity index is 1.99. The van der Waals surface area contributed by atoms with E-state index in [0.717, 1.165) is 6.42 Å². The molecule has 2 unspecified atom stereocenters. The van der Waals surface area contributed by atoms with Gasteiger partial charge in [-0.05, 0) is 18.8 Å². The summed E-state index contributed by atoms with van der Waals surface area (Å²) < 4.78 is 5.50. The molecule has 1 N–H and O–H groups in total. The average molecular weight is 224 g/mol. The van der Waals surface area contributed by atoms with E-state index in [1.165, 1.54) is 12.8 Å². The first-order valence-corrected chi connectivity index (χ1v) is 5.71. The lowest BCUT2D eigenvalue weighted by Crippen LogP contribution is -2.02. The number of carbonyl (C=O) groups is 1. The van der Waals surface area contributed by atoms with E-state index in [4.69, 9.17) is 9.52 Å². The van der Waals surface area contributed by atoms with Gasteiger partial charge in [-0.3, -0.25) is 4.79 Å². The van der Waals surface area contributed by atoms with Gasteiger partial charge in [0.2, 0.25) is 11.8 Å². The van der Waals surface area contributed by atoms with Crippen molar-refractivity contribution in [2.75, 3.05) is 0 Å². The molecular formula is C11H16N2O3. The van der Waals surface area contributed by atoms with Crippen molar-refractivity contribution in [1.82, 2.24) is 10.2 Å². The Labute approximate surface area is 93.9 Å². The van der Waals surface area contributed by atoms with Gasteiger partial charge < -0.3 is 9.52 Å². The van der Waals surface area contributed by atoms with Crippen LogP contribution in [-0.4, -0.2) is 21.3 Å². The molecule has 16 heavy (non-hydrogen) atoms. The summed E-state index contributed by atoms with van der Waals surface area (Å²) in [7, 11) is 0. The number of hydrogen-bond donors (Lipinski definition) is 1. The first-order chi connectivity index (χ1) is 7.66. The fourth-order valence-electron chi connectivity index (χ4n) is 2.24. The van der Waals surface area contributed by atoms with E-state index < -0.39 is 5.97 Å². The van der Waals surface area contributed by atoms with Gasteiger partial charge in [-0.2, -0.15) is 0 Å². The van der Waals surface area contributed by atoms with Gasteiger partial charge in [-0.1, -0.05) is 13.3 Å². The zero-order valence-corrected chi connectivity index (χ0v) is 9.35. The molecule has 5 heteroatoms. The highest BCUT2D eigenvalue weighted by molar-refractivity contribution is 5.66. The fraction of sp³-hybridized carbons (Fsp3) is 0.727. The Morgan fingerprint density at radius 2 is 2.31 bits per heavy atom. The number of hydrogen-bond acceptors (Lipinski definition) is 4. The lowest BCUT2D eigenvalue weighted by Gasteiger charge is -2.08. The van der Waals surface area contributed by atoms with Crippen molar-refractivity contribution >= 4 is 5.97 Å². The van der Waals surface area contributed by atoms with Crippen LogP contribution >= 0.6 is 0 Å². The molecule has 1 aliphatic carbocycles. The minimum Gasteiger partial charge on any atom is -0.481 e. The Morgan fingerprint density at radius 3 is 2.94 bits per heavy atom. The molecule has 0 saturated heterocycles. The van der Waals surface area contributed by atoms with Crippen LogP contribution in [0, 0.1) is 5.92 Å². The molecule has 0 aliphatic heterocycles. The minimum absolute atomic E-state index is 0.0435. The van der Waals surface area contributed by atoms with Gasteiger partial charge >= 0.3 is 5.97 Å². The molecule has 0 amide bonds. The quantitative estimate of drug-likeness (QED) is 0.846. The average Bonchev–Trinajstić information content (AvgIpc) is 2.83. The number of aliphatic carboxylic acids is 1. The molecule has 5 nitrogen and oxygen atoms in total. The highest BCUT2D eigenvalue weighted by atomic mass is 16.4. The topological polar surface area (TPSA) is 76.2 Å². The Hall–Kier alpha value is -1.39. The summed E-state index contributed by atoms with van der Waals surface area (Å²) in [6.07, 6.45) is 3.88. The van der Waals surface area contributed by atoms with Gasteiger partial charge in [-0.15, -0.1) is 10.2 Å². The molecule has 0 radical (unpaired) electrons. The maximum Gasteiger partial charge on any atom is 0.303 e. The van der Waals surface area contributed by atoms with Crippen LogP contribution in [0.3, 0.4) is 0 Å². The maximum absolute atomic E-state index is 10.4. The van der Waals surface area contributed by atoms with Crippen LogP contribution in [0.25, 0.3) is 0 Å². The van der Waals surface area contributed by atoms with Crippen LogP contribution in [0.5, 0.6) is 0 Å². The van der Waals surface area contributed by atoms with Crippen molar-refractivity contribution in [3.05, 3.63) is 11.8 Å². The summed E-state index contributed by atoms with van der Waals surface area (Å²) in [5.41, 5.74) is 0. The lowest BCUT2D eigenvalue weighted by atomic mass is 9.98. The summed E-state index contributed by atoms with van der Waals surface area (Å²) in [6, 6.07) is 0. The first-order valence-electron chi connectivity index (χ1n) is 5.71. The van der Waals surface area contributed by atoms with Crippen LogP contribution < -0.4 is 0 Å². The number of aryl methyl sites for hydroxylation is 1. The molecule has 1 heterocycles. The van der Waals surface area contributed by atoms with Crippen LogP contribution in [-0.2, 0) is 11.2 Å². The van der Waals surface area contributed by atoms with E-state index >= 15 is 0 Å². The fourth-order valence-corrected chi connectivity index (χ4v) is 2.24. The van der Waals surface area contributed by atoms with E-state index in [1.54, 1.807) is 0 Å². The largest absolute Gasteiger partial charge is 0.481 e. The molecule has 2 atom stereocenters. The predicted molar refractivity (Wildman–Crippen MR) is 56.0 cm³/mol. The number of rotatable bonds is 4. The molecule has 1 aromatic heterocycles. The van der Waals surface area contributed by atoms with Crippen molar-refractivity contribution in [3.63, 3.8) is 0 Å². The van der Waals surface area contributed by atoms with Crippen molar-refractivity contribution in [3.8, 4) is 0 Å². The standard InChI is InChI=1S/C11H16N2O3/c1-7-3-2-4-8(7)11-13-12-9(16-11)5-6-10(14)15/h7-8H,2-6H2,1H3,(H,14,15). The van der Waals surface area contributed by atoms with Crippen molar-refractivity contribution in [2.45, 2.75) is 44.9 Å². The highest BCUT2D eigenvalue weighted by Gasteiger charge is 2.29. The van der Waals surface area contributed by atoms with E-state index in [1.807, 2.05) is 0 Å². The number of nitrogens with zero attached hydrogens (tertiary/aromatic N) is 2. The minimum atomic E-state index is -0.839. The van der Waals surface area contributed by atoms with Crippen molar-refractivity contribution in [1.29, 1.82) is 0 Å². The molecule has 88 valence electrons. The van der Waals surface area contributed by atoms with Gasteiger partial charge in [0, 0.05) is 12.3 Å². The molecule has 1 fully saturated rings. The monoisotopic (exact) mass is 224 g/mol. The first kappa shape index (κ1) is 11.1. The summed E-state index contributed by atoms with van der Waals surface area (Å²) in [4.78, 5) is 10.4. The van der Waals surface area contributed by atoms with Crippen molar-refractivity contribution in [2.24, 2.45) is 5.92 Å². The van der Waals surface area contributed by atoms with E-state index in [0.29, 0.717) is 30.0 Å². The Bertz CT molecular complexity index is 375. The normalized spacial score (nSPS) is 24.8. The van der Waals surface area contributed by atoms with Gasteiger partial charge in [0.1, 0.15) is 0 Å². The maximum atomic E-state index is 10.4. The second-order valence-electron chi connectivity index (χ2n) is 4.44. The second-order valence-corrected chi connectivity index (χ2v) is 4.44. The molecule has 0 spiro atoms. The zero-order valence-electron chi connectivity index (χ0n) is 9.35. The molecule has 0 bridgehead atoms. The number of aromatic nitrogens is 2. The summed E-state index contributed by atoms with van der Waals surface area (Å²) in [6.45, 7) is 2.19. The smallest absolute Gasteiger partial charge is 0.303 e. The van der Waals surface area contributed by atoms with E-state index in [2.05, 4.69) is 17.1 Å². The van der Waals surface area contributed by atoms with Crippen LogP contribution in [0.2, 0.25) is 0 Å². The lowest BCUT2D eigenvalue weighted by molar-refractivity contribution is -0.137. The zero-order chi connectivity index (χ0) is 11.5. The third kappa shape index (κ3) is 2.40. The van der Waals surface area contributed by atoms with Crippen LogP contribution in [0.15, 0.2) is 4.42 Å². The molecule has 1 aromatic rings. The van der Waals surface area contributed by atoms with Crippen LogP contribution in [0.1, 0.15) is 50.3 Å². The molecular weight excluding hydrogens is 208 g/mol.